The van der Waals surface area contributed by atoms with Crippen LogP contribution in [0.25, 0.3) is 0 Å². The number of amides is 1. The molecule has 3 heteroatoms. The molecular weight excluding hydrogens is 224 g/mol. The number of carbonyl (C=O) groups is 1. The molecule has 1 aromatic rings. The van der Waals surface area contributed by atoms with E-state index in [0.717, 1.165) is 36.2 Å². The first-order valence-corrected chi connectivity index (χ1v) is 6.66. The van der Waals surface area contributed by atoms with E-state index in [1.807, 2.05) is 26.0 Å². The van der Waals surface area contributed by atoms with Gasteiger partial charge in [-0.15, -0.1) is 0 Å². The van der Waals surface area contributed by atoms with Gasteiger partial charge in [0.2, 0.25) is 0 Å². The van der Waals surface area contributed by atoms with Crippen molar-refractivity contribution in [2.45, 2.75) is 33.2 Å². The molecule has 1 aliphatic rings. The number of hydrogen-bond donors (Lipinski definition) is 2. The minimum atomic E-state index is 0.0428. The molecule has 2 N–H and O–H groups in total. The summed E-state index contributed by atoms with van der Waals surface area (Å²) < 4.78 is 0. The molecule has 2 atom stereocenters. The standard InChI is InChI=1S/C15H22N2O/c1-10-6-11(2)8-14(7-10)15(18)17-12(3)13-4-5-16-9-13/h6-8,12-13,16H,4-5,9H2,1-3H3,(H,17,18). The van der Waals surface area contributed by atoms with E-state index >= 15 is 0 Å². The highest BCUT2D eigenvalue weighted by Crippen LogP contribution is 2.14. The molecule has 0 bridgehead atoms. The lowest BCUT2D eigenvalue weighted by Crippen LogP contribution is -2.38. The van der Waals surface area contributed by atoms with Crippen LogP contribution < -0.4 is 10.6 Å². The Kier molecular flexibility index (Phi) is 4.02. The van der Waals surface area contributed by atoms with Crippen LogP contribution in [0.5, 0.6) is 0 Å². The summed E-state index contributed by atoms with van der Waals surface area (Å²) in [5.41, 5.74) is 3.04. The molecule has 0 saturated carbocycles. The second kappa shape index (κ2) is 5.53. The first-order chi connectivity index (χ1) is 8.56. The highest BCUT2D eigenvalue weighted by Gasteiger charge is 2.22. The van der Waals surface area contributed by atoms with E-state index in [1.54, 1.807) is 0 Å². The van der Waals surface area contributed by atoms with Crippen LogP contribution in [0.3, 0.4) is 0 Å². The van der Waals surface area contributed by atoms with Crippen LogP contribution in [0, 0.1) is 19.8 Å². The number of rotatable bonds is 3. The lowest BCUT2D eigenvalue weighted by Gasteiger charge is -2.20. The molecule has 0 radical (unpaired) electrons. The van der Waals surface area contributed by atoms with Crippen LogP contribution in [0.2, 0.25) is 0 Å². The molecule has 1 amide bonds. The molecule has 1 aromatic carbocycles. The average Bonchev–Trinajstić information content (AvgIpc) is 2.80. The predicted molar refractivity (Wildman–Crippen MR) is 73.8 cm³/mol. The zero-order chi connectivity index (χ0) is 13.1. The van der Waals surface area contributed by atoms with E-state index in [2.05, 4.69) is 23.6 Å². The minimum Gasteiger partial charge on any atom is -0.349 e. The molecule has 98 valence electrons. The Hall–Kier alpha value is -1.35. The maximum Gasteiger partial charge on any atom is 0.251 e. The van der Waals surface area contributed by atoms with E-state index in [-0.39, 0.29) is 11.9 Å². The molecular formula is C15H22N2O. The summed E-state index contributed by atoms with van der Waals surface area (Å²) >= 11 is 0. The van der Waals surface area contributed by atoms with E-state index in [1.165, 1.54) is 0 Å². The molecule has 0 aliphatic carbocycles. The van der Waals surface area contributed by atoms with Gasteiger partial charge >= 0.3 is 0 Å². The maximum absolute atomic E-state index is 12.2. The Morgan fingerprint density at radius 1 is 1.33 bits per heavy atom. The van der Waals surface area contributed by atoms with Crippen molar-refractivity contribution in [1.29, 1.82) is 0 Å². The first kappa shape index (κ1) is 13.1. The van der Waals surface area contributed by atoms with Crippen LogP contribution in [0.1, 0.15) is 34.8 Å². The normalized spacial score (nSPS) is 20.7. The number of carbonyl (C=O) groups excluding carboxylic acids is 1. The van der Waals surface area contributed by atoms with Crippen molar-refractivity contribution in [3.8, 4) is 0 Å². The van der Waals surface area contributed by atoms with E-state index in [9.17, 15) is 4.79 Å². The molecule has 1 heterocycles. The zero-order valence-electron chi connectivity index (χ0n) is 11.4. The van der Waals surface area contributed by atoms with Gasteiger partial charge in [0, 0.05) is 11.6 Å². The van der Waals surface area contributed by atoms with E-state index < -0.39 is 0 Å². The van der Waals surface area contributed by atoms with Gasteiger partial charge in [-0.05, 0) is 58.3 Å². The van der Waals surface area contributed by atoms with Gasteiger partial charge in [0.15, 0.2) is 0 Å². The minimum absolute atomic E-state index is 0.0428. The smallest absolute Gasteiger partial charge is 0.251 e. The second-order valence-corrected chi connectivity index (χ2v) is 5.39. The highest BCUT2D eigenvalue weighted by atomic mass is 16.1. The lowest BCUT2D eigenvalue weighted by molar-refractivity contribution is 0.0928. The van der Waals surface area contributed by atoms with Crippen molar-refractivity contribution >= 4 is 5.91 Å². The van der Waals surface area contributed by atoms with Crippen LogP contribution >= 0.6 is 0 Å². The van der Waals surface area contributed by atoms with Gasteiger partial charge in [0.25, 0.3) is 5.91 Å². The molecule has 0 spiro atoms. The van der Waals surface area contributed by atoms with Crippen molar-refractivity contribution < 1.29 is 4.79 Å². The third kappa shape index (κ3) is 3.10. The number of aryl methyl sites for hydroxylation is 2. The van der Waals surface area contributed by atoms with Gasteiger partial charge in [-0.3, -0.25) is 4.79 Å². The van der Waals surface area contributed by atoms with Crippen molar-refractivity contribution in [3.05, 3.63) is 34.9 Å². The molecule has 1 aliphatic heterocycles. The number of benzene rings is 1. The molecule has 0 aromatic heterocycles. The van der Waals surface area contributed by atoms with Gasteiger partial charge in [0.05, 0.1) is 0 Å². The van der Waals surface area contributed by atoms with Gasteiger partial charge < -0.3 is 10.6 Å². The zero-order valence-corrected chi connectivity index (χ0v) is 11.4. The fourth-order valence-corrected chi connectivity index (χ4v) is 2.62. The van der Waals surface area contributed by atoms with E-state index in [0.29, 0.717) is 5.92 Å². The Morgan fingerprint density at radius 2 is 2.00 bits per heavy atom. The summed E-state index contributed by atoms with van der Waals surface area (Å²) in [5.74, 6) is 0.598. The van der Waals surface area contributed by atoms with Crippen LogP contribution in [-0.2, 0) is 0 Å². The largest absolute Gasteiger partial charge is 0.349 e. The van der Waals surface area contributed by atoms with Crippen molar-refractivity contribution in [1.82, 2.24) is 10.6 Å². The van der Waals surface area contributed by atoms with Crippen molar-refractivity contribution in [2.24, 2.45) is 5.92 Å². The summed E-state index contributed by atoms with van der Waals surface area (Å²) in [6.07, 6.45) is 1.15. The summed E-state index contributed by atoms with van der Waals surface area (Å²) in [6, 6.07) is 6.21. The van der Waals surface area contributed by atoms with Gasteiger partial charge in [0.1, 0.15) is 0 Å². The van der Waals surface area contributed by atoms with Crippen LogP contribution in [0.15, 0.2) is 18.2 Å². The predicted octanol–water partition coefficient (Wildman–Crippen LogP) is 2.03. The lowest BCUT2D eigenvalue weighted by atomic mass is 10.00. The topological polar surface area (TPSA) is 41.1 Å². The molecule has 2 unspecified atom stereocenters. The maximum atomic E-state index is 12.2. The quantitative estimate of drug-likeness (QED) is 0.857. The summed E-state index contributed by atoms with van der Waals surface area (Å²) in [6.45, 7) is 8.21. The molecule has 1 saturated heterocycles. The summed E-state index contributed by atoms with van der Waals surface area (Å²) in [5, 5.41) is 6.45. The van der Waals surface area contributed by atoms with Crippen molar-refractivity contribution in [3.63, 3.8) is 0 Å². The fraction of sp³-hybridized carbons (Fsp3) is 0.533. The number of nitrogens with one attached hydrogen (secondary N) is 2. The third-order valence-corrected chi connectivity index (χ3v) is 3.65. The second-order valence-electron chi connectivity index (χ2n) is 5.39. The Labute approximate surface area is 109 Å². The fourth-order valence-electron chi connectivity index (χ4n) is 2.62. The van der Waals surface area contributed by atoms with Gasteiger partial charge in [-0.1, -0.05) is 17.2 Å². The monoisotopic (exact) mass is 246 g/mol. The SMILES string of the molecule is Cc1cc(C)cc(C(=O)NC(C)C2CCNC2)c1. The summed E-state index contributed by atoms with van der Waals surface area (Å²) in [7, 11) is 0. The molecule has 3 nitrogen and oxygen atoms in total. The first-order valence-electron chi connectivity index (χ1n) is 6.66. The average molecular weight is 246 g/mol. The summed E-state index contributed by atoms with van der Waals surface area (Å²) in [4.78, 5) is 12.2. The Balaban J connectivity index is 2.02. The molecule has 2 rings (SSSR count). The molecule has 1 fully saturated rings. The highest BCUT2D eigenvalue weighted by molar-refractivity contribution is 5.94. The Bertz CT molecular complexity index is 416. The number of hydrogen-bond acceptors (Lipinski definition) is 2. The van der Waals surface area contributed by atoms with E-state index in [4.69, 9.17) is 0 Å². The third-order valence-electron chi connectivity index (χ3n) is 3.65. The van der Waals surface area contributed by atoms with Crippen LogP contribution in [-0.4, -0.2) is 25.0 Å². The van der Waals surface area contributed by atoms with Crippen LogP contribution in [0.4, 0.5) is 0 Å². The van der Waals surface area contributed by atoms with Gasteiger partial charge in [-0.2, -0.15) is 0 Å². The van der Waals surface area contributed by atoms with Gasteiger partial charge in [-0.25, -0.2) is 0 Å². The molecule has 18 heavy (non-hydrogen) atoms. The van der Waals surface area contributed by atoms with Crippen molar-refractivity contribution in [2.75, 3.05) is 13.1 Å². The Morgan fingerprint density at radius 3 is 2.56 bits per heavy atom.